The predicted molar refractivity (Wildman–Crippen MR) is 104 cm³/mol. The Labute approximate surface area is 161 Å². The van der Waals surface area contributed by atoms with Gasteiger partial charge in [-0.3, -0.25) is 9.59 Å². The molecule has 2 amide bonds. The summed E-state index contributed by atoms with van der Waals surface area (Å²) in [5, 5.41) is 1.64. The minimum atomic E-state index is -0.289. The third kappa shape index (κ3) is 3.94. The Morgan fingerprint density at radius 2 is 2.00 bits per heavy atom. The minimum Gasteiger partial charge on any atom is -0.339 e. The van der Waals surface area contributed by atoms with Gasteiger partial charge < -0.3 is 9.80 Å². The van der Waals surface area contributed by atoms with Gasteiger partial charge in [0.2, 0.25) is 5.91 Å². The van der Waals surface area contributed by atoms with Crippen molar-refractivity contribution in [3.05, 3.63) is 58.0 Å². The molecule has 1 fully saturated rings. The Balaban J connectivity index is 1.71. The topological polar surface area (TPSA) is 40.6 Å². The molecule has 2 atom stereocenters. The summed E-state index contributed by atoms with van der Waals surface area (Å²) in [4.78, 5) is 29.3. The molecule has 1 aromatic carbocycles. The zero-order chi connectivity index (χ0) is 18.7. The molecule has 2 aromatic rings. The molecular weight excluding hydrogens is 371 g/mol. The fraction of sp³-hybridized carbons (Fsp3) is 0.368. The predicted octanol–water partition coefficient (Wildman–Crippen LogP) is 4.01. The maximum atomic E-state index is 13.2. The van der Waals surface area contributed by atoms with E-state index in [0.29, 0.717) is 18.0 Å². The van der Waals surface area contributed by atoms with E-state index in [-0.39, 0.29) is 28.3 Å². The zero-order valence-corrected chi connectivity index (χ0v) is 16.4. The Morgan fingerprint density at radius 1 is 1.27 bits per heavy atom. The normalized spacial score (nSPS) is 19.8. The Bertz CT molecular complexity index is 764. The summed E-state index contributed by atoms with van der Waals surface area (Å²) in [6.07, 6.45) is 0.752. The second-order valence-corrected chi connectivity index (χ2v) is 8.41. The average Bonchev–Trinajstić information content (AvgIpc) is 3.28. The van der Waals surface area contributed by atoms with Gasteiger partial charge in [0, 0.05) is 20.1 Å². The van der Waals surface area contributed by atoms with Gasteiger partial charge in [-0.15, -0.1) is 23.1 Å². The van der Waals surface area contributed by atoms with Gasteiger partial charge in [-0.25, -0.2) is 4.39 Å². The molecule has 0 bridgehead atoms. The largest absolute Gasteiger partial charge is 0.339 e. The Hall–Kier alpha value is -1.86. The number of benzene rings is 1. The molecule has 138 valence electrons. The van der Waals surface area contributed by atoms with Crippen LogP contribution >= 0.6 is 23.1 Å². The van der Waals surface area contributed by atoms with E-state index >= 15 is 0 Å². The summed E-state index contributed by atoms with van der Waals surface area (Å²) in [5.41, 5.74) is 0.910. The van der Waals surface area contributed by atoms with E-state index in [1.54, 1.807) is 41.9 Å². The SMILES string of the molecule is CCC1SC(c2ccc(F)cc2)N(CCN(C)C(=O)c2cccs2)C1=O. The second-order valence-electron chi connectivity index (χ2n) is 6.17. The van der Waals surface area contributed by atoms with Crippen molar-refractivity contribution in [2.24, 2.45) is 0 Å². The van der Waals surface area contributed by atoms with Crippen LogP contribution in [0.3, 0.4) is 0 Å². The Kier molecular flexibility index (Phi) is 5.98. The number of likely N-dealkylation sites (N-methyl/N-ethyl adjacent to an activating group) is 1. The third-order valence-electron chi connectivity index (χ3n) is 4.42. The van der Waals surface area contributed by atoms with Gasteiger partial charge in [-0.2, -0.15) is 0 Å². The maximum absolute atomic E-state index is 13.2. The van der Waals surface area contributed by atoms with Crippen LogP contribution in [0.5, 0.6) is 0 Å². The van der Waals surface area contributed by atoms with Crippen LogP contribution in [0.4, 0.5) is 4.39 Å². The number of carbonyl (C=O) groups is 2. The number of carbonyl (C=O) groups excluding carboxylic acids is 2. The van der Waals surface area contributed by atoms with Crippen molar-refractivity contribution in [3.63, 3.8) is 0 Å². The fourth-order valence-corrected chi connectivity index (χ4v) is 5.06. The van der Waals surface area contributed by atoms with Crippen LogP contribution in [0, 0.1) is 5.82 Å². The zero-order valence-electron chi connectivity index (χ0n) is 14.7. The first-order chi connectivity index (χ1) is 12.5. The summed E-state index contributed by atoms with van der Waals surface area (Å²) < 4.78 is 13.2. The molecule has 3 rings (SSSR count). The number of rotatable bonds is 6. The summed E-state index contributed by atoms with van der Waals surface area (Å²) in [5.74, 6) is -0.239. The summed E-state index contributed by atoms with van der Waals surface area (Å²) >= 11 is 3.01. The molecule has 0 spiro atoms. The van der Waals surface area contributed by atoms with Gasteiger partial charge in [0.15, 0.2) is 0 Å². The van der Waals surface area contributed by atoms with Crippen molar-refractivity contribution in [1.29, 1.82) is 0 Å². The lowest BCUT2D eigenvalue weighted by Crippen LogP contribution is -2.39. The molecule has 1 saturated heterocycles. The van der Waals surface area contributed by atoms with E-state index in [2.05, 4.69) is 0 Å². The lowest BCUT2D eigenvalue weighted by Gasteiger charge is -2.26. The van der Waals surface area contributed by atoms with Crippen LogP contribution in [-0.2, 0) is 4.79 Å². The highest BCUT2D eigenvalue weighted by Gasteiger charge is 2.39. The van der Waals surface area contributed by atoms with E-state index in [0.717, 1.165) is 12.0 Å². The third-order valence-corrected chi connectivity index (χ3v) is 6.92. The van der Waals surface area contributed by atoms with E-state index in [1.807, 2.05) is 23.3 Å². The molecule has 4 nitrogen and oxygen atoms in total. The molecule has 1 aromatic heterocycles. The van der Waals surface area contributed by atoms with Crippen LogP contribution in [0.1, 0.15) is 34.0 Å². The first-order valence-corrected chi connectivity index (χ1v) is 10.3. The van der Waals surface area contributed by atoms with Crippen LogP contribution < -0.4 is 0 Å². The van der Waals surface area contributed by atoms with Gasteiger partial charge in [-0.1, -0.05) is 25.1 Å². The van der Waals surface area contributed by atoms with E-state index in [9.17, 15) is 14.0 Å². The van der Waals surface area contributed by atoms with Crippen molar-refractivity contribution in [2.75, 3.05) is 20.1 Å². The smallest absolute Gasteiger partial charge is 0.263 e. The second kappa shape index (κ2) is 8.22. The van der Waals surface area contributed by atoms with Crippen LogP contribution in [0.25, 0.3) is 0 Å². The van der Waals surface area contributed by atoms with Crippen LogP contribution in [0.2, 0.25) is 0 Å². The number of halogens is 1. The molecular formula is C19H21FN2O2S2. The number of amides is 2. The van der Waals surface area contributed by atoms with Crippen molar-refractivity contribution in [2.45, 2.75) is 24.0 Å². The van der Waals surface area contributed by atoms with Crippen molar-refractivity contribution in [3.8, 4) is 0 Å². The van der Waals surface area contributed by atoms with Gasteiger partial charge in [0.1, 0.15) is 11.2 Å². The van der Waals surface area contributed by atoms with Gasteiger partial charge in [0.25, 0.3) is 5.91 Å². The standard InChI is InChI=1S/C19H21FN2O2S2/c1-3-15-18(24)22(19(26-15)13-6-8-14(20)9-7-13)11-10-21(2)17(23)16-5-4-12-25-16/h4-9,12,15,19H,3,10-11H2,1-2H3. The van der Waals surface area contributed by atoms with Crippen molar-refractivity contribution < 1.29 is 14.0 Å². The summed E-state index contributed by atoms with van der Waals surface area (Å²) in [7, 11) is 1.75. The van der Waals surface area contributed by atoms with Gasteiger partial charge in [0.05, 0.1) is 10.1 Å². The summed E-state index contributed by atoms with van der Waals surface area (Å²) in [6.45, 7) is 2.91. The van der Waals surface area contributed by atoms with E-state index < -0.39 is 0 Å². The van der Waals surface area contributed by atoms with Crippen molar-refractivity contribution in [1.82, 2.24) is 9.80 Å². The monoisotopic (exact) mass is 392 g/mol. The molecule has 0 N–H and O–H groups in total. The van der Waals surface area contributed by atoms with Gasteiger partial charge in [-0.05, 0) is 35.6 Å². The van der Waals surface area contributed by atoms with E-state index in [1.165, 1.54) is 23.5 Å². The number of thioether (sulfide) groups is 1. The molecule has 0 aliphatic carbocycles. The van der Waals surface area contributed by atoms with E-state index in [4.69, 9.17) is 0 Å². The molecule has 0 radical (unpaired) electrons. The molecule has 2 unspecified atom stereocenters. The van der Waals surface area contributed by atoms with Crippen LogP contribution in [0.15, 0.2) is 41.8 Å². The molecule has 2 heterocycles. The highest BCUT2D eigenvalue weighted by atomic mass is 32.2. The van der Waals surface area contributed by atoms with Crippen molar-refractivity contribution >= 4 is 34.9 Å². The molecule has 0 saturated carbocycles. The average molecular weight is 393 g/mol. The lowest BCUT2D eigenvalue weighted by atomic mass is 10.2. The quantitative estimate of drug-likeness (QED) is 0.746. The summed E-state index contributed by atoms with van der Waals surface area (Å²) in [6, 6.07) is 9.95. The maximum Gasteiger partial charge on any atom is 0.263 e. The van der Waals surface area contributed by atoms with Crippen LogP contribution in [-0.4, -0.2) is 47.0 Å². The number of nitrogens with zero attached hydrogens (tertiary/aromatic N) is 2. The molecule has 1 aliphatic heterocycles. The highest BCUT2D eigenvalue weighted by Crippen LogP contribution is 2.43. The fourth-order valence-electron chi connectivity index (χ4n) is 2.92. The molecule has 1 aliphatic rings. The molecule has 26 heavy (non-hydrogen) atoms. The first-order valence-electron chi connectivity index (χ1n) is 8.51. The van der Waals surface area contributed by atoms with Gasteiger partial charge >= 0.3 is 0 Å². The number of hydrogen-bond acceptors (Lipinski definition) is 4. The Morgan fingerprint density at radius 3 is 2.62 bits per heavy atom. The minimum absolute atomic E-state index is 0.0373. The lowest BCUT2D eigenvalue weighted by molar-refractivity contribution is -0.130. The first kappa shape index (κ1) is 18.9. The molecule has 7 heteroatoms. The number of hydrogen-bond donors (Lipinski definition) is 0. The number of thiophene rings is 1. The highest BCUT2D eigenvalue weighted by molar-refractivity contribution is 8.01.